The number of hydrogen-bond donors (Lipinski definition) is 2. The second-order valence-electron chi connectivity index (χ2n) is 6.24. The molecule has 8 heteroatoms. The number of carbonyl (C=O) groups is 1. The lowest BCUT2D eigenvalue weighted by Crippen LogP contribution is -2.45. The Kier molecular flexibility index (Phi) is 5.58. The van der Waals surface area contributed by atoms with E-state index in [1.165, 1.54) is 24.5 Å². The first kappa shape index (κ1) is 18.8. The van der Waals surface area contributed by atoms with Crippen LogP contribution in [0.5, 0.6) is 0 Å². The zero-order chi connectivity index (χ0) is 18.8. The molecular formula is C18H17ClF2N2O2S. The quantitative estimate of drug-likeness (QED) is 0.800. The third-order valence-corrected chi connectivity index (χ3v) is 5.63. The molecule has 1 saturated carbocycles. The third-order valence-electron chi connectivity index (χ3n) is 4.39. The van der Waals surface area contributed by atoms with Gasteiger partial charge in [0.25, 0.3) is 0 Å². The second-order valence-corrected chi connectivity index (χ2v) is 7.99. The predicted octanol–water partition coefficient (Wildman–Crippen LogP) is 4.42. The van der Waals surface area contributed by atoms with E-state index in [4.69, 9.17) is 11.6 Å². The minimum atomic E-state index is -1.42. The highest BCUT2D eigenvalue weighted by Gasteiger charge is 2.31. The van der Waals surface area contributed by atoms with Crippen LogP contribution in [0.4, 0.5) is 19.3 Å². The first-order valence-electron chi connectivity index (χ1n) is 7.99. The van der Waals surface area contributed by atoms with Gasteiger partial charge in [0.15, 0.2) is 0 Å². The van der Waals surface area contributed by atoms with Gasteiger partial charge in [0.1, 0.15) is 11.6 Å². The van der Waals surface area contributed by atoms with E-state index in [-0.39, 0.29) is 27.6 Å². The fourth-order valence-corrected chi connectivity index (χ4v) is 3.72. The lowest BCUT2D eigenvalue weighted by Gasteiger charge is -2.36. The molecule has 2 aromatic carbocycles. The molecule has 1 unspecified atom stereocenters. The van der Waals surface area contributed by atoms with Gasteiger partial charge in [-0.05, 0) is 54.7 Å². The van der Waals surface area contributed by atoms with Crippen LogP contribution in [0.1, 0.15) is 24.3 Å². The van der Waals surface area contributed by atoms with Crippen molar-refractivity contribution >= 4 is 34.1 Å². The standard InChI is InChI=1S/C18H17ClF2N2O2S/c1-26(25)17-5-3-12(9-16(17)21)22-18(24)23-13-6-11(7-13)10-2-4-15(20)14(19)8-10/h2-5,8-9,11,13H,6-7H2,1H3,(H2,22,23,24). The number of halogens is 3. The summed E-state index contributed by atoms with van der Waals surface area (Å²) in [5, 5.41) is 5.46. The molecular weight excluding hydrogens is 382 g/mol. The number of hydrogen-bond acceptors (Lipinski definition) is 2. The molecule has 138 valence electrons. The summed E-state index contributed by atoms with van der Waals surface area (Å²) in [6.45, 7) is 0. The van der Waals surface area contributed by atoms with Crippen LogP contribution in [0.2, 0.25) is 5.02 Å². The van der Waals surface area contributed by atoms with Gasteiger partial charge in [-0.2, -0.15) is 0 Å². The zero-order valence-electron chi connectivity index (χ0n) is 13.9. The number of nitrogens with one attached hydrogen (secondary N) is 2. The average Bonchev–Trinajstić information content (AvgIpc) is 2.53. The van der Waals surface area contributed by atoms with E-state index in [1.807, 2.05) is 0 Å². The van der Waals surface area contributed by atoms with Crippen molar-refractivity contribution < 1.29 is 17.8 Å². The summed E-state index contributed by atoms with van der Waals surface area (Å²) in [5.74, 6) is -0.857. The lowest BCUT2D eigenvalue weighted by molar-refractivity contribution is 0.233. The van der Waals surface area contributed by atoms with Gasteiger partial charge in [0, 0.05) is 18.0 Å². The van der Waals surface area contributed by atoms with E-state index in [0.29, 0.717) is 0 Å². The van der Waals surface area contributed by atoms with Crippen molar-refractivity contribution in [2.24, 2.45) is 0 Å². The Hall–Kier alpha value is -1.99. The molecule has 26 heavy (non-hydrogen) atoms. The van der Waals surface area contributed by atoms with Crippen molar-refractivity contribution in [3.05, 3.63) is 58.6 Å². The van der Waals surface area contributed by atoms with E-state index in [2.05, 4.69) is 10.6 Å². The normalized spacial score (nSPS) is 20.2. The summed E-state index contributed by atoms with van der Waals surface area (Å²) in [6.07, 6.45) is 2.83. The van der Waals surface area contributed by atoms with Gasteiger partial charge in [0.2, 0.25) is 0 Å². The molecule has 0 aliphatic heterocycles. The van der Waals surface area contributed by atoms with Crippen molar-refractivity contribution in [2.45, 2.75) is 29.7 Å². The topological polar surface area (TPSA) is 58.2 Å². The van der Waals surface area contributed by atoms with Crippen molar-refractivity contribution in [2.75, 3.05) is 11.6 Å². The lowest BCUT2D eigenvalue weighted by atomic mass is 9.76. The van der Waals surface area contributed by atoms with Crippen molar-refractivity contribution in [3.8, 4) is 0 Å². The first-order valence-corrected chi connectivity index (χ1v) is 9.92. The summed E-state index contributed by atoms with van der Waals surface area (Å²) in [7, 11) is -1.42. The molecule has 0 radical (unpaired) electrons. The largest absolute Gasteiger partial charge is 0.335 e. The summed E-state index contributed by atoms with van der Waals surface area (Å²) in [4.78, 5) is 12.1. The highest BCUT2D eigenvalue weighted by atomic mass is 35.5. The molecule has 0 spiro atoms. The highest BCUT2D eigenvalue weighted by molar-refractivity contribution is 7.84. The van der Waals surface area contributed by atoms with Gasteiger partial charge in [-0.15, -0.1) is 0 Å². The Balaban J connectivity index is 1.51. The second kappa shape index (κ2) is 7.72. The van der Waals surface area contributed by atoms with Gasteiger partial charge in [-0.3, -0.25) is 4.21 Å². The maximum absolute atomic E-state index is 13.8. The average molecular weight is 399 g/mol. The predicted molar refractivity (Wildman–Crippen MR) is 98.1 cm³/mol. The number of anilines is 1. The molecule has 0 bridgehead atoms. The van der Waals surface area contributed by atoms with Crippen LogP contribution in [0.15, 0.2) is 41.3 Å². The fraction of sp³-hybridized carbons (Fsp3) is 0.278. The van der Waals surface area contributed by atoms with Crippen LogP contribution in [0, 0.1) is 11.6 Å². The molecule has 2 amide bonds. The number of urea groups is 1. The zero-order valence-corrected chi connectivity index (χ0v) is 15.5. The molecule has 0 saturated heterocycles. The Morgan fingerprint density at radius 1 is 1.15 bits per heavy atom. The van der Waals surface area contributed by atoms with Crippen LogP contribution in [0.25, 0.3) is 0 Å². The Bertz CT molecular complexity index is 872. The van der Waals surface area contributed by atoms with E-state index in [0.717, 1.165) is 24.5 Å². The van der Waals surface area contributed by atoms with Crippen LogP contribution in [-0.4, -0.2) is 22.5 Å². The van der Waals surface area contributed by atoms with E-state index >= 15 is 0 Å². The monoisotopic (exact) mass is 398 g/mol. The van der Waals surface area contributed by atoms with E-state index in [1.54, 1.807) is 12.1 Å². The van der Waals surface area contributed by atoms with E-state index in [9.17, 15) is 17.8 Å². The maximum Gasteiger partial charge on any atom is 0.319 e. The molecule has 0 aromatic heterocycles. The van der Waals surface area contributed by atoms with Crippen LogP contribution in [-0.2, 0) is 10.8 Å². The molecule has 2 N–H and O–H groups in total. The summed E-state index contributed by atoms with van der Waals surface area (Å²) >= 11 is 5.79. The van der Waals surface area contributed by atoms with Gasteiger partial charge in [-0.25, -0.2) is 13.6 Å². The van der Waals surface area contributed by atoms with Crippen molar-refractivity contribution in [3.63, 3.8) is 0 Å². The summed E-state index contributed by atoms with van der Waals surface area (Å²) in [5.41, 5.74) is 1.23. The first-order chi connectivity index (χ1) is 12.3. The Labute approximate surface area is 157 Å². The molecule has 1 atom stereocenters. The smallest absolute Gasteiger partial charge is 0.319 e. The minimum Gasteiger partial charge on any atom is -0.335 e. The molecule has 3 rings (SSSR count). The van der Waals surface area contributed by atoms with Crippen LogP contribution >= 0.6 is 11.6 Å². The van der Waals surface area contributed by atoms with Crippen LogP contribution < -0.4 is 10.6 Å². The van der Waals surface area contributed by atoms with Gasteiger partial charge >= 0.3 is 6.03 Å². The summed E-state index contributed by atoms with van der Waals surface area (Å²) < 4.78 is 38.3. The fourth-order valence-electron chi connectivity index (χ4n) is 2.94. The van der Waals surface area contributed by atoms with Gasteiger partial charge in [-0.1, -0.05) is 17.7 Å². The summed E-state index contributed by atoms with van der Waals surface area (Å²) in [6, 6.07) is 8.23. The number of rotatable bonds is 4. The van der Waals surface area contributed by atoms with Crippen molar-refractivity contribution in [1.29, 1.82) is 0 Å². The number of benzene rings is 2. The van der Waals surface area contributed by atoms with Crippen LogP contribution in [0.3, 0.4) is 0 Å². The molecule has 4 nitrogen and oxygen atoms in total. The molecule has 2 aromatic rings. The highest BCUT2D eigenvalue weighted by Crippen LogP contribution is 2.38. The Morgan fingerprint density at radius 3 is 2.50 bits per heavy atom. The molecule has 1 aliphatic carbocycles. The number of carbonyl (C=O) groups excluding carboxylic acids is 1. The van der Waals surface area contributed by atoms with Gasteiger partial charge < -0.3 is 10.6 Å². The number of amides is 2. The minimum absolute atomic E-state index is 0.0175. The molecule has 1 aliphatic rings. The maximum atomic E-state index is 13.8. The van der Waals surface area contributed by atoms with Gasteiger partial charge in [0.05, 0.1) is 20.7 Å². The SMILES string of the molecule is CS(=O)c1ccc(NC(=O)NC2CC(c3ccc(F)c(Cl)c3)C2)cc1F. The molecule has 1 fully saturated rings. The third kappa shape index (κ3) is 4.22. The molecule has 0 heterocycles. The van der Waals surface area contributed by atoms with E-state index < -0.39 is 28.5 Å². The van der Waals surface area contributed by atoms with Crippen molar-refractivity contribution in [1.82, 2.24) is 5.32 Å². The Morgan fingerprint density at radius 2 is 1.88 bits per heavy atom.